The summed E-state index contributed by atoms with van der Waals surface area (Å²) in [6.45, 7) is 2.16. The van der Waals surface area contributed by atoms with Gasteiger partial charge in [0.1, 0.15) is 5.82 Å². The lowest BCUT2D eigenvalue weighted by Crippen LogP contribution is -2.46. The van der Waals surface area contributed by atoms with E-state index in [4.69, 9.17) is 4.74 Å². The Labute approximate surface area is 192 Å². The molecule has 2 heterocycles. The fourth-order valence-corrected chi connectivity index (χ4v) is 5.46. The number of morpholine rings is 1. The Morgan fingerprint density at radius 1 is 0.939 bits per heavy atom. The summed E-state index contributed by atoms with van der Waals surface area (Å²) in [4.78, 5) is 27.1. The van der Waals surface area contributed by atoms with Crippen LogP contribution < -0.4 is 5.32 Å². The lowest BCUT2D eigenvalue weighted by molar-refractivity contribution is 0.0697. The first-order valence-corrected chi connectivity index (χ1v) is 12.3. The Morgan fingerprint density at radius 3 is 2.27 bits per heavy atom. The van der Waals surface area contributed by atoms with Crippen LogP contribution in [0.1, 0.15) is 33.6 Å². The maximum atomic E-state index is 13.0. The molecule has 0 atom stereocenters. The van der Waals surface area contributed by atoms with Crippen LogP contribution in [0.25, 0.3) is 0 Å². The molecule has 0 saturated carbocycles. The van der Waals surface area contributed by atoms with Crippen molar-refractivity contribution in [2.75, 3.05) is 39.4 Å². The number of ether oxygens (including phenoxy) is 1. The third kappa shape index (κ3) is 5.40. The Kier molecular flexibility index (Phi) is 7.06. The molecule has 2 saturated heterocycles. The van der Waals surface area contributed by atoms with Gasteiger partial charge in [-0.2, -0.15) is 4.31 Å². The van der Waals surface area contributed by atoms with Crippen LogP contribution in [0.2, 0.25) is 0 Å². The number of carbonyl (C=O) groups is 2. The molecule has 4 rings (SSSR count). The summed E-state index contributed by atoms with van der Waals surface area (Å²) in [6.07, 6.45) is 1.15. The second-order valence-corrected chi connectivity index (χ2v) is 10.0. The minimum Gasteiger partial charge on any atom is -0.379 e. The molecule has 0 spiro atoms. The molecule has 2 aliphatic heterocycles. The van der Waals surface area contributed by atoms with Gasteiger partial charge in [0.2, 0.25) is 10.0 Å². The molecule has 2 aliphatic rings. The van der Waals surface area contributed by atoms with E-state index in [9.17, 15) is 22.4 Å². The molecule has 1 N–H and O–H groups in total. The number of piperidine rings is 1. The number of nitrogens with zero attached hydrogens (tertiary/aromatic N) is 2. The van der Waals surface area contributed by atoms with E-state index in [1.807, 2.05) is 0 Å². The molecular weight excluding hydrogens is 449 g/mol. The summed E-state index contributed by atoms with van der Waals surface area (Å²) in [5.74, 6) is -0.918. The van der Waals surface area contributed by atoms with Gasteiger partial charge in [0.25, 0.3) is 11.8 Å². The van der Waals surface area contributed by atoms with Crippen LogP contribution in [0.4, 0.5) is 4.39 Å². The van der Waals surface area contributed by atoms with E-state index in [0.717, 1.165) is 0 Å². The van der Waals surface area contributed by atoms with E-state index in [0.29, 0.717) is 50.3 Å². The van der Waals surface area contributed by atoms with Crippen molar-refractivity contribution in [3.63, 3.8) is 0 Å². The number of hydrogen-bond acceptors (Lipinski definition) is 5. The summed E-state index contributed by atoms with van der Waals surface area (Å²) in [5.41, 5.74) is 0.700. The zero-order valence-electron chi connectivity index (χ0n) is 18.1. The van der Waals surface area contributed by atoms with Crippen molar-refractivity contribution < 1.29 is 27.1 Å². The number of halogens is 1. The fraction of sp³-hybridized carbons (Fsp3) is 0.391. The number of rotatable bonds is 5. The Balaban J connectivity index is 1.36. The summed E-state index contributed by atoms with van der Waals surface area (Å²) >= 11 is 0. The van der Waals surface area contributed by atoms with E-state index >= 15 is 0 Å². The zero-order chi connectivity index (χ0) is 23.4. The van der Waals surface area contributed by atoms with Crippen LogP contribution in [0.15, 0.2) is 53.4 Å². The van der Waals surface area contributed by atoms with Gasteiger partial charge >= 0.3 is 0 Å². The Morgan fingerprint density at radius 2 is 1.61 bits per heavy atom. The molecule has 2 aromatic rings. The van der Waals surface area contributed by atoms with Gasteiger partial charge in [-0.1, -0.05) is 6.07 Å². The summed E-state index contributed by atoms with van der Waals surface area (Å²) < 4.78 is 45.4. The molecule has 10 heteroatoms. The van der Waals surface area contributed by atoms with Gasteiger partial charge in [-0.3, -0.25) is 9.59 Å². The average molecular weight is 476 g/mol. The molecule has 2 fully saturated rings. The molecule has 2 amide bonds. The van der Waals surface area contributed by atoms with Crippen molar-refractivity contribution in [3.8, 4) is 0 Å². The summed E-state index contributed by atoms with van der Waals surface area (Å²) in [6, 6.07) is 11.4. The molecule has 0 bridgehead atoms. The first kappa shape index (κ1) is 23.3. The van der Waals surface area contributed by atoms with E-state index in [-0.39, 0.29) is 35.8 Å². The highest BCUT2D eigenvalue weighted by atomic mass is 32.2. The van der Waals surface area contributed by atoms with Crippen molar-refractivity contribution >= 4 is 21.8 Å². The number of carbonyl (C=O) groups excluding carboxylic acids is 2. The topological polar surface area (TPSA) is 96.0 Å². The van der Waals surface area contributed by atoms with Crippen LogP contribution in [-0.2, 0) is 14.8 Å². The normalized spacial score (nSPS) is 18.2. The molecule has 8 nitrogen and oxygen atoms in total. The summed E-state index contributed by atoms with van der Waals surface area (Å²) in [7, 11) is -3.69. The van der Waals surface area contributed by atoms with Gasteiger partial charge in [0.05, 0.1) is 18.1 Å². The van der Waals surface area contributed by atoms with Crippen molar-refractivity contribution in [1.82, 2.24) is 14.5 Å². The molecule has 176 valence electrons. The minimum atomic E-state index is -3.69. The van der Waals surface area contributed by atoms with Crippen molar-refractivity contribution in [2.45, 2.75) is 23.8 Å². The molecule has 0 radical (unpaired) electrons. The highest BCUT2D eigenvalue weighted by Crippen LogP contribution is 2.21. The van der Waals surface area contributed by atoms with Gasteiger partial charge in [0.15, 0.2) is 0 Å². The Bertz CT molecular complexity index is 1110. The maximum absolute atomic E-state index is 13.0. The number of amides is 2. The van der Waals surface area contributed by atoms with Gasteiger partial charge in [-0.15, -0.1) is 0 Å². The van der Waals surface area contributed by atoms with Crippen LogP contribution >= 0.6 is 0 Å². The zero-order valence-corrected chi connectivity index (χ0v) is 18.9. The van der Waals surface area contributed by atoms with Crippen LogP contribution in [0.3, 0.4) is 0 Å². The lowest BCUT2D eigenvalue weighted by Gasteiger charge is -2.32. The van der Waals surface area contributed by atoms with Crippen LogP contribution in [0, 0.1) is 5.82 Å². The van der Waals surface area contributed by atoms with E-state index in [1.165, 1.54) is 40.7 Å². The standard InChI is InChI=1S/C23H26FN3O5S/c24-19-6-4-17(5-7-19)22(28)25-20-8-10-26(11-9-20)23(29)18-2-1-3-21(16-18)33(30,31)27-12-14-32-15-13-27/h1-7,16,20H,8-15H2,(H,25,28). The molecule has 33 heavy (non-hydrogen) atoms. The third-order valence-electron chi connectivity index (χ3n) is 5.91. The van der Waals surface area contributed by atoms with E-state index < -0.39 is 15.8 Å². The number of benzene rings is 2. The average Bonchev–Trinajstić information content (AvgIpc) is 2.85. The molecular formula is C23H26FN3O5S. The number of nitrogens with one attached hydrogen (secondary N) is 1. The second kappa shape index (κ2) is 9.98. The predicted octanol–water partition coefficient (Wildman–Crippen LogP) is 1.88. The first-order chi connectivity index (χ1) is 15.8. The molecule has 0 aliphatic carbocycles. The smallest absolute Gasteiger partial charge is 0.253 e. The van der Waals surface area contributed by atoms with Gasteiger partial charge in [-0.05, 0) is 55.3 Å². The quantitative estimate of drug-likeness (QED) is 0.713. The fourth-order valence-electron chi connectivity index (χ4n) is 4.01. The van der Waals surface area contributed by atoms with Crippen molar-refractivity contribution in [3.05, 3.63) is 65.5 Å². The minimum absolute atomic E-state index is 0.0942. The molecule has 2 aromatic carbocycles. The van der Waals surface area contributed by atoms with Crippen molar-refractivity contribution in [2.24, 2.45) is 0 Å². The largest absolute Gasteiger partial charge is 0.379 e. The second-order valence-electron chi connectivity index (χ2n) is 8.09. The predicted molar refractivity (Wildman–Crippen MR) is 119 cm³/mol. The van der Waals surface area contributed by atoms with Crippen LogP contribution in [-0.4, -0.2) is 74.9 Å². The first-order valence-electron chi connectivity index (χ1n) is 10.9. The van der Waals surface area contributed by atoms with Crippen LogP contribution in [0.5, 0.6) is 0 Å². The monoisotopic (exact) mass is 475 g/mol. The SMILES string of the molecule is O=C(NC1CCN(C(=O)c2cccc(S(=O)(=O)N3CCOCC3)c2)CC1)c1ccc(F)cc1. The van der Waals surface area contributed by atoms with Crippen molar-refractivity contribution in [1.29, 1.82) is 0 Å². The van der Waals surface area contributed by atoms with Gasteiger partial charge in [-0.25, -0.2) is 12.8 Å². The highest BCUT2D eigenvalue weighted by Gasteiger charge is 2.29. The molecule has 0 aromatic heterocycles. The molecule has 0 unspecified atom stereocenters. The van der Waals surface area contributed by atoms with E-state index in [1.54, 1.807) is 17.0 Å². The van der Waals surface area contributed by atoms with Gasteiger partial charge in [0, 0.05) is 43.3 Å². The van der Waals surface area contributed by atoms with Gasteiger partial charge < -0.3 is 15.0 Å². The number of likely N-dealkylation sites (tertiary alicyclic amines) is 1. The Hall–Kier alpha value is -2.82. The maximum Gasteiger partial charge on any atom is 0.253 e. The lowest BCUT2D eigenvalue weighted by atomic mass is 10.0. The van der Waals surface area contributed by atoms with E-state index in [2.05, 4.69) is 5.32 Å². The highest BCUT2D eigenvalue weighted by molar-refractivity contribution is 7.89. The third-order valence-corrected chi connectivity index (χ3v) is 7.81. The summed E-state index contributed by atoms with van der Waals surface area (Å²) in [5, 5.41) is 2.92. The number of hydrogen-bond donors (Lipinski definition) is 1. The number of sulfonamides is 1.